The topological polar surface area (TPSA) is 103 Å². The minimum absolute atomic E-state index is 0.157. The highest BCUT2D eigenvalue weighted by atomic mass is 79.9. The summed E-state index contributed by atoms with van der Waals surface area (Å²) in [5.41, 5.74) is 1.56. The van der Waals surface area contributed by atoms with Crippen molar-refractivity contribution in [3.8, 4) is 0 Å². The van der Waals surface area contributed by atoms with Gasteiger partial charge in [-0.05, 0) is 24.1 Å². The summed E-state index contributed by atoms with van der Waals surface area (Å²) in [6.07, 6.45) is 0.611. The summed E-state index contributed by atoms with van der Waals surface area (Å²) in [6.45, 7) is 4.82. The number of hydrogen-bond acceptors (Lipinski definition) is 8. The number of piperidine rings is 1. The predicted molar refractivity (Wildman–Crippen MR) is 130 cm³/mol. The van der Waals surface area contributed by atoms with Gasteiger partial charge in [0.1, 0.15) is 6.04 Å². The second-order valence-electron chi connectivity index (χ2n) is 7.67. The molecule has 3 amide bonds. The van der Waals surface area contributed by atoms with Crippen LogP contribution in [0.15, 0.2) is 23.1 Å². The molecular formula is C23H31BrN2O7S. The van der Waals surface area contributed by atoms with Crippen LogP contribution in [0.1, 0.15) is 28.8 Å². The van der Waals surface area contributed by atoms with E-state index in [1.807, 2.05) is 12.1 Å². The van der Waals surface area contributed by atoms with Crippen LogP contribution in [-0.2, 0) is 35.1 Å². The minimum Gasteiger partial charge on any atom is -0.378 e. The zero-order valence-corrected chi connectivity index (χ0v) is 21.5. The second-order valence-corrected chi connectivity index (χ2v) is 9.60. The van der Waals surface area contributed by atoms with Gasteiger partial charge in [0.2, 0.25) is 11.8 Å². The molecule has 0 aromatic heterocycles. The molecule has 188 valence electrons. The molecule has 1 atom stereocenters. The number of halogens is 1. The van der Waals surface area contributed by atoms with Gasteiger partial charge in [0, 0.05) is 34.5 Å². The van der Waals surface area contributed by atoms with E-state index in [0.717, 1.165) is 21.5 Å². The fourth-order valence-electron chi connectivity index (χ4n) is 3.72. The maximum absolute atomic E-state index is 12.9. The van der Waals surface area contributed by atoms with Crippen molar-refractivity contribution in [3.05, 3.63) is 29.3 Å². The molecule has 1 saturated heterocycles. The molecule has 11 heteroatoms. The number of amides is 3. The van der Waals surface area contributed by atoms with Gasteiger partial charge in [-0.2, -0.15) is 0 Å². The van der Waals surface area contributed by atoms with Crippen molar-refractivity contribution in [3.63, 3.8) is 0 Å². The Balaban J connectivity index is 1.30. The number of thioether (sulfide) groups is 1. The van der Waals surface area contributed by atoms with Crippen molar-refractivity contribution in [2.24, 2.45) is 0 Å². The molecular weight excluding hydrogens is 528 g/mol. The molecule has 1 unspecified atom stereocenters. The summed E-state index contributed by atoms with van der Waals surface area (Å²) in [7, 11) is 0. The van der Waals surface area contributed by atoms with Crippen LogP contribution in [0.2, 0.25) is 0 Å². The molecule has 34 heavy (non-hydrogen) atoms. The fourth-order valence-corrected chi connectivity index (χ4v) is 4.89. The summed E-state index contributed by atoms with van der Waals surface area (Å²) < 4.78 is 21.8. The minimum atomic E-state index is -0.600. The van der Waals surface area contributed by atoms with Gasteiger partial charge in [-0.1, -0.05) is 22.0 Å². The molecule has 0 bridgehead atoms. The van der Waals surface area contributed by atoms with Crippen molar-refractivity contribution >= 4 is 45.4 Å². The Morgan fingerprint density at radius 1 is 0.941 bits per heavy atom. The van der Waals surface area contributed by atoms with E-state index in [1.165, 1.54) is 0 Å². The summed E-state index contributed by atoms with van der Waals surface area (Å²) in [6, 6.07) is 5.04. The Morgan fingerprint density at radius 2 is 1.59 bits per heavy atom. The second kappa shape index (κ2) is 14.8. The van der Waals surface area contributed by atoms with Gasteiger partial charge < -0.3 is 23.8 Å². The van der Waals surface area contributed by atoms with Crippen LogP contribution in [0.25, 0.3) is 0 Å². The number of nitrogens with one attached hydrogen (secondary N) is 1. The predicted octanol–water partition coefficient (Wildman–Crippen LogP) is 2.00. The van der Waals surface area contributed by atoms with Gasteiger partial charge in [0.05, 0.1) is 52.9 Å². The van der Waals surface area contributed by atoms with Crippen molar-refractivity contribution in [2.75, 3.05) is 63.9 Å². The molecule has 0 aliphatic carbocycles. The van der Waals surface area contributed by atoms with Crippen LogP contribution < -0.4 is 5.32 Å². The molecule has 2 aliphatic rings. The first-order valence-corrected chi connectivity index (χ1v) is 13.5. The number of carbonyl (C=O) groups excluding carboxylic acids is 3. The third kappa shape index (κ3) is 8.03. The highest BCUT2D eigenvalue weighted by Gasteiger charge is 2.39. The fraction of sp³-hybridized carbons (Fsp3) is 0.609. The molecule has 3 rings (SSSR count). The standard InChI is InChI=1S/C23H31BrN2O7S/c24-6-7-30-8-9-31-10-11-32-12-13-33-14-15-34-20-3-1-2-17-18(20)16-26(23(17)29)19-4-5-21(27)25-22(19)28/h1-3,19H,4-16H2,(H,25,27,28). The number of ether oxygens (including phenoxy) is 4. The quantitative estimate of drug-likeness (QED) is 0.142. The van der Waals surface area contributed by atoms with E-state index in [4.69, 9.17) is 18.9 Å². The van der Waals surface area contributed by atoms with E-state index in [2.05, 4.69) is 21.2 Å². The van der Waals surface area contributed by atoms with E-state index in [0.29, 0.717) is 71.4 Å². The number of rotatable bonds is 16. The van der Waals surface area contributed by atoms with Crippen LogP contribution in [0.5, 0.6) is 0 Å². The lowest BCUT2D eigenvalue weighted by Gasteiger charge is -2.29. The van der Waals surface area contributed by atoms with E-state index in [-0.39, 0.29) is 18.2 Å². The number of alkyl halides is 1. The average Bonchev–Trinajstić information content (AvgIpc) is 3.16. The summed E-state index contributed by atoms with van der Waals surface area (Å²) in [5, 5.41) is 3.16. The number of imide groups is 1. The lowest BCUT2D eigenvalue weighted by atomic mass is 10.0. The maximum atomic E-state index is 12.9. The van der Waals surface area contributed by atoms with Gasteiger partial charge in [-0.15, -0.1) is 11.8 Å². The summed E-state index contributed by atoms with van der Waals surface area (Å²) in [5.74, 6) is -0.101. The van der Waals surface area contributed by atoms with E-state index in [1.54, 1.807) is 22.7 Å². The Hall–Kier alpha value is -1.50. The van der Waals surface area contributed by atoms with E-state index < -0.39 is 11.9 Å². The first-order valence-electron chi connectivity index (χ1n) is 11.4. The van der Waals surface area contributed by atoms with Crippen molar-refractivity contribution in [1.82, 2.24) is 10.2 Å². The lowest BCUT2D eigenvalue weighted by molar-refractivity contribution is -0.136. The molecule has 1 aromatic carbocycles. The van der Waals surface area contributed by atoms with Crippen molar-refractivity contribution < 1.29 is 33.3 Å². The number of carbonyl (C=O) groups is 3. The van der Waals surface area contributed by atoms with Gasteiger partial charge >= 0.3 is 0 Å². The van der Waals surface area contributed by atoms with Crippen LogP contribution in [0.4, 0.5) is 0 Å². The van der Waals surface area contributed by atoms with Crippen LogP contribution >= 0.6 is 27.7 Å². The van der Waals surface area contributed by atoms with Gasteiger partial charge in [-0.3, -0.25) is 19.7 Å². The molecule has 2 aliphatic heterocycles. The van der Waals surface area contributed by atoms with Gasteiger partial charge in [0.15, 0.2) is 0 Å². The Labute approximate surface area is 212 Å². The number of benzene rings is 1. The van der Waals surface area contributed by atoms with Gasteiger partial charge in [0.25, 0.3) is 5.91 Å². The lowest BCUT2D eigenvalue weighted by Crippen LogP contribution is -2.52. The van der Waals surface area contributed by atoms with E-state index >= 15 is 0 Å². The largest absolute Gasteiger partial charge is 0.378 e. The number of fused-ring (bicyclic) bond motifs is 1. The number of hydrogen-bond donors (Lipinski definition) is 1. The normalized spacial score (nSPS) is 17.9. The third-order valence-corrected chi connectivity index (χ3v) is 6.75. The monoisotopic (exact) mass is 558 g/mol. The molecule has 9 nitrogen and oxygen atoms in total. The molecule has 2 heterocycles. The van der Waals surface area contributed by atoms with Crippen LogP contribution in [0, 0.1) is 0 Å². The molecule has 0 radical (unpaired) electrons. The highest BCUT2D eigenvalue weighted by Crippen LogP contribution is 2.34. The Kier molecular flexibility index (Phi) is 11.8. The summed E-state index contributed by atoms with van der Waals surface area (Å²) in [4.78, 5) is 39.1. The SMILES string of the molecule is O=C1CCC(N2Cc3c(SCCOCCOCCOCCOCCBr)cccc3C2=O)C(=O)N1. The third-order valence-electron chi connectivity index (χ3n) is 5.36. The zero-order chi connectivity index (χ0) is 24.2. The Morgan fingerprint density at radius 3 is 2.24 bits per heavy atom. The smallest absolute Gasteiger partial charge is 0.255 e. The first kappa shape index (κ1) is 27.1. The first-order chi connectivity index (χ1) is 16.6. The molecule has 0 saturated carbocycles. The molecule has 1 fully saturated rings. The summed E-state index contributed by atoms with van der Waals surface area (Å²) >= 11 is 4.92. The molecule has 0 spiro atoms. The molecule has 1 N–H and O–H groups in total. The van der Waals surface area contributed by atoms with Crippen LogP contribution in [-0.4, -0.2) is 92.6 Å². The zero-order valence-electron chi connectivity index (χ0n) is 19.1. The highest BCUT2D eigenvalue weighted by molar-refractivity contribution is 9.09. The van der Waals surface area contributed by atoms with Gasteiger partial charge in [-0.25, -0.2) is 0 Å². The maximum Gasteiger partial charge on any atom is 0.255 e. The average molecular weight is 559 g/mol. The Bertz CT molecular complexity index is 842. The van der Waals surface area contributed by atoms with Crippen molar-refractivity contribution in [2.45, 2.75) is 30.3 Å². The van der Waals surface area contributed by atoms with Crippen molar-refractivity contribution in [1.29, 1.82) is 0 Å². The van der Waals surface area contributed by atoms with E-state index in [9.17, 15) is 14.4 Å². The van der Waals surface area contributed by atoms with Crippen LogP contribution in [0.3, 0.4) is 0 Å². The molecule has 1 aromatic rings. The number of nitrogens with zero attached hydrogens (tertiary/aromatic N) is 1.